The van der Waals surface area contributed by atoms with Crippen molar-refractivity contribution in [2.75, 3.05) is 13.6 Å². The minimum Gasteiger partial charge on any atom is -0.309 e. The van der Waals surface area contributed by atoms with Crippen LogP contribution in [0.4, 0.5) is 13.2 Å². The SMILES string of the molecule is CNCC#Cc1ccc(C(F)(F)F)c(Cl)c1. The highest BCUT2D eigenvalue weighted by Gasteiger charge is 2.32. The molecular weight excluding hydrogens is 239 g/mol. The van der Waals surface area contributed by atoms with Gasteiger partial charge in [0.15, 0.2) is 0 Å². The third-order valence-electron chi connectivity index (χ3n) is 1.77. The van der Waals surface area contributed by atoms with Crippen LogP contribution in [0, 0.1) is 11.8 Å². The average Bonchev–Trinajstić information content (AvgIpc) is 2.16. The van der Waals surface area contributed by atoms with E-state index in [9.17, 15) is 13.2 Å². The zero-order valence-electron chi connectivity index (χ0n) is 8.45. The van der Waals surface area contributed by atoms with Crippen LogP contribution in [-0.4, -0.2) is 13.6 Å². The van der Waals surface area contributed by atoms with Crippen molar-refractivity contribution >= 4 is 11.6 Å². The standard InChI is InChI=1S/C11H9ClF3N/c1-16-6-2-3-8-4-5-9(10(12)7-8)11(13,14)15/h4-5,7,16H,6H2,1H3. The maximum atomic E-state index is 12.4. The van der Waals surface area contributed by atoms with Crippen molar-refractivity contribution in [2.24, 2.45) is 0 Å². The highest BCUT2D eigenvalue weighted by atomic mass is 35.5. The van der Waals surface area contributed by atoms with Gasteiger partial charge in [0.05, 0.1) is 17.1 Å². The summed E-state index contributed by atoms with van der Waals surface area (Å²) >= 11 is 5.52. The number of hydrogen-bond donors (Lipinski definition) is 1. The topological polar surface area (TPSA) is 12.0 Å². The maximum Gasteiger partial charge on any atom is 0.417 e. The second-order valence-electron chi connectivity index (χ2n) is 3.02. The van der Waals surface area contributed by atoms with E-state index in [1.54, 1.807) is 7.05 Å². The van der Waals surface area contributed by atoms with Crippen molar-refractivity contribution in [1.82, 2.24) is 5.32 Å². The fraction of sp³-hybridized carbons (Fsp3) is 0.273. The van der Waals surface area contributed by atoms with E-state index < -0.39 is 11.7 Å². The van der Waals surface area contributed by atoms with Crippen LogP contribution in [0.3, 0.4) is 0 Å². The van der Waals surface area contributed by atoms with E-state index in [2.05, 4.69) is 17.2 Å². The lowest BCUT2D eigenvalue weighted by Gasteiger charge is -2.08. The fourth-order valence-electron chi connectivity index (χ4n) is 1.06. The van der Waals surface area contributed by atoms with Gasteiger partial charge in [0.25, 0.3) is 0 Å². The lowest BCUT2D eigenvalue weighted by Crippen LogP contribution is -2.06. The van der Waals surface area contributed by atoms with Gasteiger partial charge in [-0.1, -0.05) is 23.4 Å². The summed E-state index contributed by atoms with van der Waals surface area (Å²) in [5.74, 6) is 5.44. The van der Waals surface area contributed by atoms with Crippen molar-refractivity contribution in [3.63, 3.8) is 0 Å². The summed E-state index contributed by atoms with van der Waals surface area (Å²) in [6.45, 7) is 0.471. The molecule has 0 aromatic heterocycles. The van der Waals surface area contributed by atoms with E-state index in [1.807, 2.05) is 0 Å². The molecule has 86 valence electrons. The molecular formula is C11H9ClF3N. The smallest absolute Gasteiger partial charge is 0.309 e. The Balaban J connectivity index is 2.97. The summed E-state index contributed by atoms with van der Waals surface area (Å²) in [7, 11) is 1.73. The van der Waals surface area contributed by atoms with Crippen molar-refractivity contribution in [3.05, 3.63) is 34.3 Å². The van der Waals surface area contributed by atoms with Gasteiger partial charge in [0.2, 0.25) is 0 Å². The van der Waals surface area contributed by atoms with E-state index in [0.717, 1.165) is 6.07 Å². The molecule has 16 heavy (non-hydrogen) atoms. The first-order valence-corrected chi connectivity index (χ1v) is 4.83. The van der Waals surface area contributed by atoms with E-state index >= 15 is 0 Å². The molecule has 0 aliphatic rings. The van der Waals surface area contributed by atoms with Gasteiger partial charge in [-0.05, 0) is 25.2 Å². The average molecular weight is 248 g/mol. The molecule has 5 heteroatoms. The van der Waals surface area contributed by atoms with E-state index in [1.165, 1.54) is 12.1 Å². The predicted octanol–water partition coefficient (Wildman–Crippen LogP) is 2.93. The lowest BCUT2D eigenvalue weighted by atomic mass is 10.1. The Morgan fingerprint density at radius 2 is 2.06 bits per heavy atom. The van der Waals surface area contributed by atoms with E-state index in [4.69, 9.17) is 11.6 Å². The quantitative estimate of drug-likeness (QED) is 0.753. The van der Waals surface area contributed by atoms with Gasteiger partial charge in [-0.2, -0.15) is 13.2 Å². The lowest BCUT2D eigenvalue weighted by molar-refractivity contribution is -0.137. The van der Waals surface area contributed by atoms with Crippen molar-refractivity contribution in [1.29, 1.82) is 0 Å². The van der Waals surface area contributed by atoms with Gasteiger partial charge >= 0.3 is 6.18 Å². The summed E-state index contributed by atoms with van der Waals surface area (Å²) in [5, 5.41) is 2.47. The number of benzene rings is 1. The van der Waals surface area contributed by atoms with Crippen LogP contribution < -0.4 is 5.32 Å². The molecule has 1 N–H and O–H groups in total. The number of halogens is 4. The molecule has 1 nitrogen and oxygen atoms in total. The van der Waals surface area contributed by atoms with Crippen molar-refractivity contribution in [2.45, 2.75) is 6.18 Å². The molecule has 1 aromatic carbocycles. The Labute approximate surface area is 96.6 Å². The Hall–Kier alpha value is -1.18. The first-order chi connectivity index (χ1) is 7.45. The molecule has 0 spiro atoms. The highest BCUT2D eigenvalue weighted by Crippen LogP contribution is 2.34. The number of rotatable bonds is 1. The monoisotopic (exact) mass is 247 g/mol. The molecule has 0 unspecified atom stereocenters. The zero-order valence-corrected chi connectivity index (χ0v) is 9.21. The molecule has 0 heterocycles. The minimum atomic E-state index is -4.42. The summed E-state index contributed by atoms with van der Waals surface area (Å²) in [4.78, 5) is 0. The summed E-state index contributed by atoms with van der Waals surface area (Å²) in [5.41, 5.74) is -0.374. The summed E-state index contributed by atoms with van der Waals surface area (Å²) in [6.07, 6.45) is -4.42. The van der Waals surface area contributed by atoms with Crippen LogP contribution in [0.15, 0.2) is 18.2 Å². The van der Waals surface area contributed by atoms with Gasteiger partial charge < -0.3 is 5.32 Å². The highest BCUT2D eigenvalue weighted by molar-refractivity contribution is 6.31. The van der Waals surface area contributed by atoms with Crippen LogP contribution in [0.2, 0.25) is 5.02 Å². The van der Waals surface area contributed by atoms with E-state index in [-0.39, 0.29) is 5.02 Å². The Morgan fingerprint density at radius 1 is 1.38 bits per heavy atom. The molecule has 0 aliphatic heterocycles. The summed E-state index contributed by atoms with van der Waals surface area (Å²) in [6, 6.07) is 3.45. The fourth-order valence-corrected chi connectivity index (χ4v) is 1.35. The van der Waals surface area contributed by atoms with Gasteiger partial charge in [-0.15, -0.1) is 0 Å². The third kappa shape index (κ3) is 3.44. The van der Waals surface area contributed by atoms with Gasteiger partial charge in [0, 0.05) is 5.56 Å². The van der Waals surface area contributed by atoms with Crippen molar-refractivity contribution < 1.29 is 13.2 Å². The summed E-state index contributed by atoms with van der Waals surface area (Å²) < 4.78 is 37.1. The molecule has 0 saturated heterocycles. The molecule has 1 rings (SSSR count). The van der Waals surface area contributed by atoms with E-state index in [0.29, 0.717) is 12.1 Å². The zero-order chi connectivity index (χ0) is 12.2. The van der Waals surface area contributed by atoms with Gasteiger partial charge in [-0.3, -0.25) is 0 Å². The molecule has 0 bridgehead atoms. The molecule has 0 amide bonds. The number of alkyl halides is 3. The van der Waals surface area contributed by atoms with Gasteiger partial charge in [-0.25, -0.2) is 0 Å². The minimum absolute atomic E-state index is 0.330. The van der Waals surface area contributed by atoms with Crippen LogP contribution in [0.25, 0.3) is 0 Å². The van der Waals surface area contributed by atoms with Crippen LogP contribution in [0.1, 0.15) is 11.1 Å². The second-order valence-corrected chi connectivity index (χ2v) is 3.43. The van der Waals surface area contributed by atoms with Crippen LogP contribution >= 0.6 is 11.6 Å². The molecule has 0 atom stereocenters. The van der Waals surface area contributed by atoms with Crippen molar-refractivity contribution in [3.8, 4) is 11.8 Å². The first kappa shape index (κ1) is 12.9. The third-order valence-corrected chi connectivity index (χ3v) is 2.09. The molecule has 0 aliphatic carbocycles. The molecule has 1 aromatic rings. The Kier molecular flexibility index (Phi) is 4.22. The second kappa shape index (κ2) is 5.24. The van der Waals surface area contributed by atoms with Crippen LogP contribution in [-0.2, 0) is 6.18 Å². The predicted molar refractivity (Wildman–Crippen MR) is 57.3 cm³/mol. The first-order valence-electron chi connectivity index (χ1n) is 4.45. The maximum absolute atomic E-state index is 12.4. The molecule has 0 radical (unpaired) electrons. The Bertz CT molecular complexity index is 429. The number of hydrogen-bond acceptors (Lipinski definition) is 1. The normalized spacial score (nSPS) is 10.8. The Morgan fingerprint density at radius 3 is 2.56 bits per heavy atom. The largest absolute Gasteiger partial charge is 0.417 e. The van der Waals surface area contributed by atoms with Crippen LogP contribution in [0.5, 0.6) is 0 Å². The molecule has 0 fully saturated rings. The molecule has 0 saturated carbocycles. The van der Waals surface area contributed by atoms with Gasteiger partial charge in [0.1, 0.15) is 0 Å². The number of nitrogens with one attached hydrogen (secondary N) is 1.